The van der Waals surface area contributed by atoms with Crippen LogP contribution < -0.4 is 20.6 Å². The first-order valence-corrected chi connectivity index (χ1v) is 34.1. The van der Waals surface area contributed by atoms with E-state index in [2.05, 4.69) is 26.3 Å². The molecule has 540 valence electrons. The van der Waals surface area contributed by atoms with Gasteiger partial charge in [0.05, 0.1) is 154 Å². The number of benzene rings is 1. The number of hydrogen-bond acceptors (Lipinski definition) is 25. The minimum absolute atomic E-state index is 0.00761. The van der Waals surface area contributed by atoms with Crippen LogP contribution in [-0.2, 0) is 116 Å². The van der Waals surface area contributed by atoms with Crippen LogP contribution in [0.25, 0.3) is 10.9 Å². The number of nitrogens with one attached hydrogen (secondary N) is 3. The van der Waals surface area contributed by atoms with Gasteiger partial charge in [0.15, 0.2) is 0 Å². The summed E-state index contributed by atoms with van der Waals surface area (Å²) in [6, 6.07) is 4.20. The van der Waals surface area contributed by atoms with Gasteiger partial charge in [-0.15, -0.1) is 5.10 Å². The fraction of sp³-hybridized carbons (Fsp3) is 0.682. The van der Waals surface area contributed by atoms with Gasteiger partial charge in [-0.25, -0.2) is 14.3 Å². The molecular formula is C66H96BN9O22. The predicted molar refractivity (Wildman–Crippen MR) is 347 cm³/mol. The lowest BCUT2D eigenvalue weighted by molar-refractivity contribution is -0.206. The molecule has 4 N–H and O–H groups in total. The summed E-state index contributed by atoms with van der Waals surface area (Å²) in [5.41, 5.74) is 2.14. The third-order valence-corrected chi connectivity index (χ3v) is 17.8. The molecule has 2 saturated heterocycles. The van der Waals surface area contributed by atoms with Crippen LogP contribution in [0.5, 0.6) is 5.75 Å². The molecule has 8 rings (SSSR count). The molecule has 5 atom stereocenters. The molecule has 2 aromatic heterocycles. The molecule has 6 amide bonds. The number of imide groups is 1. The van der Waals surface area contributed by atoms with E-state index in [9.17, 15) is 43.4 Å². The monoisotopic (exact) mass is 1380 g/mol. The van der Waals surface area contributed by atoms with Gasteiger partial charge < -0.3 is 87.4 Å². The number of cyclic esters (lactones) is 1. The summed E-state index contributed by atoms with van der Waals surface area (Å²) in [5, 5.41) is 27.3. The average molecular weight is 1380 g/mol. The molecular weight excluding hydrogens is 1280 g/mol. The maximum Gasteiger partial charge on any atom is 0.519 e. The van der Waals surface area contributed by atoms with Gasteiger partial charge in [0.25, 0.3) is 11.8 Å². The Labute approximate surface area is 570 Å². The molecule has 0 bridgehead atoms. The summed E-state index contributed by atoms with van der Waals surface area (Å²) < 4.78 is 74.0. The highest BCUT2D eigenvalue weighted by atomic mass is 16.7. The fourth-order valence-electron chi connectivity index (χ4n) is 12.6. The molecule has 31 nitrogen and oxygen atoms in total. The van der Waals surface area contributed by atoms with Gasteiger partial charge in [-0.05, 0) is 92.9 Å². The van der Waals surface area contributed by atoms with Crippen LogP contribution in [0, 0.1) is 29.6 Å². The number of aromatic nitrogens is 4. The third-order valence-electron chi connectivity index (χ3n) is 17.8. The number of amides is 6. The lowest BCUT2D eigenvalue weighted by Crippen LogP contribution is -2.63. The standard InChI is InChI=1S/C66H96BN9O22/c1-6-49-50-34-48(98-67(5)85)12-13-54(50)71-61-51(49)39-75-56(61)35-53-52(63(75)82)40-95-64(83)66(53,7-2)97-65(84)96-41-55(44(3)4)70-58(78)43-94-42-57(77)68-16-18-86-20-22-88-24-26-90-28-30-92-32-33-93-31-29-91-27-25-89-23-21-87-19-17-74-38-47(72-73-74)36-69-62(81)46-10-8-45(9-11-46)37-76-59(79)14-15-60(76)80/h12-15,34,38,44-46,52-53,55-56,85H,6-11,16-33,35-37,39-43H2,1-5H3,(H,68,77)(H,69,81)(H,70,78). The van der Waals surface area contributed by atoms with Crippen molar-refractivity contribution in [1.82, 2.24) is 45.7 Å². The average Bonchev–Trinajstić information content (AvgIpc) is 1.43. The lowest BCUT2D eigenvalue weighted by Gasteiger charge is -2.49. The molecule has 0 radical (unpaired) electrons. The van der Waals surface area contributed by atoms with Crippen molar-refractivity contribution in [3.8, 4) is 5.75 Å². The highest BCUT2D eigenvalue weighted by Gasteiger charge is 2.62. The molecule has 98 heavy (non-hydrogen) atoms. The van der Waals surface area contributed by atoms with Gasteiger partial charge in [0.2, 0.25) is 29.2 Å². The van der Waals surface area contributed by atoms with Crippen LogP contribution >= 0.6 is 0 Å². The second-order valence-corrected chi connectivity index (χ2v) is 24.8. The van der Waals surface area contributed by atoms with Crippen molar-refractivity contribution in [2.24, 2.45) is 29.6 Å². The Morgan fingerprint density at radius 2 is 1.37 bits per heavy atom. The fourth-order valence-corrected chi connectivity index (χ4v) is 12.6. The van der Waals surface area contributed by atoms with Crippen LogP contribution in [0.4, 0.5) is 4.79 Å². The van der Waals surface area contributed by atoms with Crippen molar-refractivity contribution in [3.63, 3.8) is 0 Å². The second kappa shape index (κ2) is 39.5. The first-order valence-electron chi connectivity index (χ1n) is 34.1. The lowest BCUT2D eigenvalue weighted by atomic mass is 9.68. The number of piperidine rings is 1. The number of pyridine rings is 1. The van der Waals surface area contributed by atoms with E-state index in [1.807, 2.05) is 32.9 Å². The smallest absolute Gasteiger partial charge is 0.519 e. The normalized spacial score (nSPS) is 20.7. The summed E-state index contributed by atoms with van der Waals surface area (Å²) in [6.07, 6.45) is 7.14. The maximum atomic E-state index is 14.3. The molecule has 4 aliphatic heterocycles. The van der Waals surface area contributed by atoms with Crippen molar-refractivity contribution in [2.45, 2.75) is 117 Å². The Morgan fingerprint density at radius 1 is 0.765 bits per heavy atom. The first kappa shape index (κ1) is 76.5. The Morgan fingerprint density at radius 3 is 1.96 bits per heavy atom. The highest BCUT2D eigenvalue weighted by molar-refractivity contribution is 6.41. The zero-order valence-electron chi connectivity index (χ0n) is 56.9. The van der Waals surface area contributed by atoms with E-state index < -0.39 is 67.2 Å². The maximum absolute atomic E-state index is 14.3. The molecule has 5 unspecified atom stereocenters. The summed E-state index contributed by atoms with van der Waals surface area (Å²) in [5.74, 6) is -3.73. The van der Waals surface area contributed by atoms with Crippen molar-refractivity contribution < 1.29 is 105 Å². The number of carbonyl (C=O) groups excluding carboxylic acids is 8. The molecule has 1 aromatic carbocycles. The van der Waals surface area contributed by atoms with Crippen LogP contribution in [-0.4, -0.2) is 246 Å². The van der Waals surface area contributed by atoms with Gasteiger partial charge in [-0.2, -0.15) is 0 Å². The van der Waals surface area contributed by atoms with E-state index in [1.165, 1.54) is 23.9 Å². The molecule has 3 fully saturated rings. The van der Waals surface area contributed by atoms with Crippen molar-refractivity contribution in [1.29, 1.82) is 0 Å². The summed E-state index contributed by atoms with van der Waals surface area (Å²) in [6.45, 7) is 15.4. The molecule has 3 aromatic rings. The van der Waals surface area contributed by atoms with Gasteiger partial charge in [-0.3, -0.25) is 38.7 Å². The Hall–Kier alpha value is -7.27. The minimum atomic E-state index is -1.83. The molecule has 6 heterocycles. The van der Waals surface area contributed by atoms with Crippen molar-refractivity contribution in [3.05, 3.63) is 59.1 Å². The van der Waals surface area contributed by atoms with Crippen molar-refractivity contribution >= 4 is 65.6 Å². The number of ether oxygens (including phenoxy) is 12. The number of nitrogens with zero attached hydrogens (tertiary/aromatic N) is 6. The number of carbonyl (C=O) groups is 8. The third kappa shape index (κ3) is 22.4. The summed E-state index contributed by atoms with van der Waals surface area (Å²) in [7, 11) is -1.01. The number of aryl methyl sites for hydroxylation is 1. The van der Waals surface area contributed by atoms with E-state index in [0.717, 1.165) is 35.0 Å². The van der Waals surface area contributed by atoms with Crippen LogP contribution in [0.3, 0.4) is 0 Å². The van der Waals surface area contributed by atoms with E-state index in [4.69, 9.17) is 66.5 Å². The number of fused-ring (bicyclic) bond motifs is 5. The molecule has 1 aliphatic carbocycles. The highest BCUT2D eigenvalue weighted by Crippen LogP contribution is 2.52. The number of rotatable bonds is 45. The SMILES string of the molecule is CCc1c2c(nc3ccc(OB(C)O)cc13)C1CC3C(COC(=O)C3(CC)OC(=O)OCC(NC(=O)COCC(=O)NCCOCCOCCOCCOCCOCCOCCOCCOCCn3cc(CNC(=O)C4CCC(CN5C(=O)C=CC5=O)CC4)nn3)C(C)C)C(=O)N1C2. The summed E-state index contributed by atoms with van der Waals surface area (Å²) >= 11 is 0. The molecule has 32 heteroatoms. The molecule has 0 spiro atoms. The van der Waals surface area contributed by atoms with Gasteiger partial charge >= 0.3 is 19.2 Å². The summed E-state index contributed by atoms with van der Waals surface area (Å²) in [4.78, 5) is 111. The van der Waals surface area contributed by atoms with Gasteiger partial charge in [-0.1, -0.05) is 32.9 Å². The minimum Gasteiger partial charge on any atom is -0.536 e. The zero-order chi connectivity index (χ0) is 69.8. The number of esters is 1. The van der Waals surface area contributed by atoms with Crippen LogP contribution in [0.2, 0.25) is 6.82 Å². The Balaban J connectivity index is 0.559. The quantitative estimate of drug-likeness (QED) is 0.0273. The zero-order valence-corrected chi connectivity index (χ0v) is 56.9. The van der Waals surface area contributed by atoms with Crippen LogP contribution in [0.1, 0.15) is 94.8 Å². The largest absolute Gasteiger partial charge is 0.536 e. The Bertz CT molecular complexity index is 3130. The van der Waals surface area contributed by atoms with Gasteiger partial charge in [0, 0.05) is 49.0 Å². The van der Waals surface area contributed by atoms with Gasteiger partial charge in [0.1, 0.15) is 37.9 Å². The topological polar surface area (TPSA) is 363 Å². The van der Waals surface area contributed by atoms with E-state index in [1.54, 1.807) is 28.8 Å². The second-order valence-electron chi connectivity index (χ2n) is 24.8. The Kier molecular flexibility index (Phi) is 30.8. The first-order chi connectivity index (χ1) is 47.5. The van der Waals surface area contributed by atoms with Crippen molar-refractivity contribution in [2.75, 3.05) is 145 Å². The molecule has 1 saturated carbocycles. The van der Waals surface area contributed by atoms with E-state index in [0.29, 0.717) is 155 Å². The predicted octanol–water partition coefficient (Wildman–Crippen LogP) is 2.21. The number of hydrogen-bond donors (Lipinski definition) is 4. The van der Waals surface area contributed by atoms with E-state index >= 15 is 0 Å². The van der Waals surface area contributed by atoms with E-state index in [-0.39, 0.29) is 93.7 Å². The molecule has 5 aliphatic rings. The van der Waals surface area contributed by atoms with Crippen LogP contribution in [0.15, 0.2) is 36.5 Å².